The van der Waals surface area contributed by atoms with Crippen molar-refractivity contribution in [2.24, 2.45) is 18.9 Å². The summed E-state index contributed by atoms with van der Waals surface area (Å²) < 4.78 is 24.9. The van der Waals surface area contributed by atoms with Crippen LogP contribution in [0.2, 0.25) is 0 Å². The second kappa shape index (κ2) is 5.63. The molecular weight excluding hydrogens is 264 g/mol. The van der Waals surface area contributed by atoms with Crippen LogP contribution in [0.3, 0.4) is 0 Å². The highest BCUT2D eigenvalue weighted by Gasteiger charge is 2.33. The predicted octanol–water partition coefficient (Wildman–Crippen LogP) is 0.568. The highest BCUT2D eigenvalue weighted by Crippen LogP contribution is 2.28. The van der Waals surface area contributed by atoms with Gasteiger partial charge in [0.1, 0.15) is 0 Å². The smallest absolute Gasteiger partial charge is 0.150 e. The van der Waals surface area contributed by atoms with Gasteiger partial charge in [-0.3, -0.25) is 4.68 Å². The fourth-order valence-corrected chi connectivity index (χ4v) is 4.70. The first-order valence-electron chi connectivity index (χ1n) is 6.78. The molecule has 2 heterocycles. The molecule has 1 aromatic rings. The molecule has 6 heteroatoms. The first kappa shape index (κ1) is 14.5. The van der Waals surface area contributed by atoms with Gasteiger partial charge in [-0.05, 0) is 37.2 Å². The number of aliphatic hydroxyl groups is 1. The Kier molecular flexibility index (Phi) is 4.30. The zero-order valence-corrected chi connectivity index (χ0v) is 12.4. The number of nitrogens with zero attached hydrogens (tertiary/aromatic N) is 2. The van der Waals surface area contributed by atoms with Gasteiger partial charge < -0.3 is 5.11 Å². The summed E-state index contributed by atoms with van der Waals surface area (Å²) in [6.07, 6.45) is 2.25. The van der Waals surface area contributed by atoms with E-state index in [9.17, 15) is 13.5 Å². The van der Waals surface area contributed by atoms with Gasteiger partial charge in [-0.25, -0.2) is 8.42 Å². The molecule has 1 N–H and O–H groups in total. The van der Waals surface area contributed by atoms with Crippen molar-refractivity contribution in [3.63, 3.8) is 0 Å². The lowest BCUT2D eigenvalue weighted by atomic mass is 9.88. The van der Waals surface area contributed by atoms with E-state index in [1.165, 1.54) is 0 Å². The van der Waals surface area contributed by atoms with E-state index in [-0.39, 0.29) is 29.9 Å². The molecule has 0 aromatic carbocycles. The van der Waals surface area contributed by atoms with E-state index in [0.29, 0.717) is 12.8 Å². The molecule has 1 aromatic heterocycles. The topological polar surface area (TPSA) is 72.2 Å². The van der Waals surface area contributed by atoms with E-state index < -0.39 is 9.84 Å². The zero-order chi connectivity index (χ0) is 14.0. The summed E-state index contributed by atoms with van der Waals surface area (Å²) in [4.78, 5) is 0. The number of aromatic nitrogens is 2. The third-order valence-electron chi connectivity index (χ3n) is 4.03. The largest absolute Gasteiger partial charge is 0.396 e. The highest BCUT2D eigenvalue weighted by atomic mass is 32.2. The predicted molar refractivity (Wildman–Crippen MR) is 73.6 cm³/mol. The molecule has 0 saturated carbocycles. The summed E-state index contributed by atoms with van der Waals surface area (Å²) >= 11 is 0. The molecule has 0 aliphatic carbocycles. The number of hydrogen-bond acceptors (Lipinski definition) is 4. The van der Waals surface area contributed by atoms with Crippen molar-refractivity contribution in [1.82, 2.24) is 9.78 Å². The summed E-state index contributed by atoms with van der Waals surface area (Å²) in [6.45, 7) is 2.09. The first-order chi connectivity index (χ1) is 8.95. The van der Waals surface area contributed by atoms with E-state index in [0.717, 1.165) is 17.8 Å². The number of aliphatic hydroxyl groups excluding tert-OH is 1. The van der Waals surface area contributed by atoms with Crippen molar-refractivity contribution in [3.05, 3.63) is 17.5 Å². The maximum atomic E-state index is 11.5. The average Bonchev–Trinajstić information content (AvgIpc) is 2.89. The fraction of sp³-hybridized carbons (Fsp3) is 0.769. The highest BCUT2D eigenvalue weighted by molar-refractivity contribution is 7.91. The van der Waals surface area contributed by atoms with Gasteiger partial charge in [0.05, 0.1) is 17.2 Å². The average molecular weight is 286 g/mol. The minimum absolute atomic E-state index is 0.0115. The first-order valence-corrected chi connectivity index (χ1v) is 8.60. The molecule has 2 unspecified atom stereocenters. The van der Waals surface area contributed by atoms with E-state index in [2.05, 4.69) is 12.0 Å². The maximum absolute atomic E-state index is 11.5. The van der Waals surface area contributed by atoms with E-state index in [1.54, 1.807) is 0 Å². The van der Waals surface area contributed by atoms with Crippen LogP contribution in [0, 0.1) is 11.8 Å². The van der Waals surface area contributed by atoms with Crippen molar-refractivity contribution < 1.29 is 13.5 Å². The Hall–Kier alpha value is -0.880. The molecule has 1 aliphatic heterocycles. The van der Waals surface area contributed by atoms with Gasteiger partial charge in [0, 0.05) is 19.3 Å². The third kappa shape index (κ3) is 3.36. The van der Waals surface area contributed by atoms with Gasteiger partial charge >= 0.3 is 0 Å². The normalized spacial score (nSPS) is 23.6. The van der Waals surface area contributed by atoms with Crippen LogP contribution >= 0.6 is 0 Å². The Morgan fingerprint density at radius 1 is 1.58 bits per heavy atom. The third-order valence-corrected chi connectivity index (χ3v) is 5.82. The Balaban J connectivity index is 2.09. The molecule has 2 atom stereocenters. The second-order valence-corrected chi connectivity index (χ2v) is 7.64. The summed E-state index contributed by atoms with van der Waals surface area (Å²) in [5.74, 6) is 0.573. The summed E-state index contributed by atoms with van der Waals surface area (Å²) in [5.41, 5.74) is 2.11. The maximum Gasteiger partial charge on any atom is 0.150 e. The minimum atomic E-state index is -2.89. The van der Waals surface area contributed by atoms with Crippen LogP contribution in [0.5, 0.6) is 0 Å². The standard InChI is InChI=1S/C13H22N2O3S/c1-3-12-7-13(15(2)14-12)6-11(8-16)10-4-5-19(17,18)9-10/h7,10-11,16H,3-6,8-9H2,1-2H3. The Labute approximate surface area is 114 Å². The monoisotopic (exact) mass is 286 g/mol. The van der Waals surface area contributed by atoms with Gasteiger partial charge in [0.2, 0.25) is 0 Å². The molecule has 0 amide bonds. The van der Waals surface area contributed by atoms with Crippen LogP contribution in [0.4, 0.5) is 0 Å². The summed E-state index contributed by atoms with van der Waals surface area (Å²) in [6, 6.07) is 2.05. The SMILES string of the molecule is CCc1cc(CC(CO)C2CCS(=O)(=O)C2)n(C)n1. The van der Waals surface area contributed by atoms with Gasteiger partial charge in [-0.1, -0.05) is 6.92 Å². The van der Waals surface area contributed by atoms with E-state index in [4.69, 9.17) is 0 Å². The molecule has 0 radical (unpaired) electrons. The van der Waals surface area contributed by atoms with Crippen LogP contribution in [-0.4, -0.2) is 41.4 Å². The van der Waals surface area contributed by atoms with Gasteiger partial charge in [-0.15, -0.1) is 0 Å². The lowest BCUT2D eigenvalue weighted by Gasteiger charge is -2.20. The van der Waals surface area contributed by atoms with E-state index >= 15 is 0 Å². The molecule has 1 fully saturated rings. The molecule has 19 heavy (non-hydrogen) atoms. The molecule has 0 bridgehead atoms. The van der Waals surface area contributed by atoms with E-state index in [1.807, 2.05) is 17.8 Å². The molecule has 2 rings (SSSR count). The molecule has 1 saturated heterocycles. The zero-order valence-electron chi connectivity index (χ0n) is 11.5. The van der Waals surface area contributed by atoms with Crippen LogP contribution in [0.25, 0.3) is 0 Å². The number of rotatable bonds is 5. The van der Waals surface area contributed by atoms with Crippen molar-refractivity contribution >= 4 is 9.84 Å². The summed E-state index contributed by atoms with van der Waals surface area (Å²) in [7, 11) is -0.989. The van der Waals surface area contributed by atoms with Crippen molar-refractivity contribution in [1.29, 1.82) is 0 Å². The van der Waals surface area contributed by atoms with Crippen LogP contribution in [-0.2, 0) is 29.7 Å². The minimum Gasteiger partial charge on any atom is -0.396 e. The molecular formula is C13H22N2O3S. The molecule has 5 nitrogen and oxygen atoms in total. The number of hydrogen-bond donors (Lipinski definition) is 1. The van der Waals surface area contributed by atoms with Gasteiger partial charge in [0.15, 0.2) is 9.84 Å². The van der Waals surface area contributed by atoms with Gasteiger partial charge in [0.25, 0.3) is 0 Å². The molecule has 108 valence electrons. The fourth-order valence-electron chi connectivity index (χ4n) is 2.78. The number of sulfone groups is 1. The quantitative estimate of drug-likeness (QED) is 0.859. The van der Waals surface area contributed by atoms with Gasteiger partial charge in [-0.2, -0.15) is 5.10 Å². The van der Waals surface area contributed by atoms with Crippen molar-refractivity contribution in [2.75, 3.05) is 18.1 Å². The number of aryl methyl sites for hydroxylation is 2. The van der Waals surface area contributed by atoms with Crippen molar-refractivity contribution in [3.8, 4) is 0 Å². The van der Waals surface area contributed by atoms with Crippen LogP contribution < -0.4 is 0 Å². The Morgan fingerprint density at radius 3 is 2.79 bits per heavy atom. The Bertz CT molecular complexity index is 536. The van der Waals surface area contributed by atoms with Crippen LogP contribution in [0.1, 0.15) is 24.7 Å². The molecule has 0 spiro atoms. The summed E-state index contributed by atoms with van der Waals surface area (Å²) in [5, 5.41) is 13.9. The molecule has 1 aliphatic rings. The lowest BCUT2D eigenvalue weighted by molar-refractivity contribution is 0.182. The van der Waals surface area contributed by atoms with Crippen molar-refractivity contribution in [2.45, 2.75) is 26.2 Å². The lowest BCUT2D eigenvalue weighted by Crippen LogP contribution is -2.23. The second-order valence-electron chi connectivity index (χ2n) is 5.41. The Morgan fingerprint density at radius 2 is 2.32 bits per heavy atom. The van der Waals surface area contributed by atoms with Crippen LogP contribution in [0.15, 0.2) is 6.07 Å².